The minimum Gasteiger partial charge on any atom is -0.375 e. The van der Waals surface area contributed by atoms with E-state index in [9.17, 15) is 0 Å². The summed E-state index contributed by atoms with van der Waals surface area (Å²) < 4.78 is 0. The average molecular weight is 260 g/mol. The Morgan fingerprint density at radius 1 is 1.44 bits per heavy atom. The summed E-state index contributed by atoms with van der Waals surface area (Å²) in [6.45, 7) is 3.60. The molecule has 0 atom stereocenters. The topological polar surface area (TPSA) is 42.1 Å². The van der Waals surface area contributed by atoms with Crippen LogP contribution in [0.15, 0.2) is 6.20 Å². The molecular weight excluding hydrogens is 242 g/mol. The van der Waals surface area contributed by atoms with Gasteiger partial charge in [-0.1, -0.05) is 0 Å². The third-order valence-electron chi connectivity index (χ3n) is 3.65. The van der Waals surface area contributed by atoms with Crippen LogP contribution in [0.4, 0.5) is 5.13 Å². The molecule has 2 aliphatic rings. The number of nitrogens with two attached hydrogens (primary N) is 1. The first kappa shape index (κ1) is 12.1. The molecule has 1 aliphatic heterocycles. The van der Waals surface area contributed by atoms with Crippen molar-refractivity contribution in [2.45, 2.75) is 32.2 Å². The fourth-order valence-electron chi connectivity index (χ4n) is 2.65. The maximum absolute atomic E-state index is 5.64. The van der Waals surface area contributed by atoms with Crippen LogP contribution in [0.25, 0.3) is 0 Å². The van der Waals surface area contributed by atoms with E-state index in [1.165, 1.54) is 43.6 Å². The first-order valence-corrected chi connectivity index (χ1v) is 6.50. The molecule has 90 valence electrons. The van der Waals surface area contributed by atoms with Crippen LogP contribution in [0.1, 0.15) is 30.6 Å². The van der Waals surface area contributed by atoms with Gasteiger partial charge in [0.2, 0.25) is 0 Å². The SMILES string of the molecule is Cl.Nc1ncc(CN2CCCC3(CC3)C2)s1. The van der Waals surface area contributed by atoms with Crippen molar-refractivity contribution in [3.05, 3.63) is 11.1 Å². The number of hydrogen-bond acceptors (Lipinski definition) is 4. The number of nitrogen functional groups attached to an aromatic ring is 1. The van der Waals surface area contributed by atoms with Gasteiger partial charge < -0.3 is 5.73 Å². The standard InChI is InChI=1S/C11H17N3S.ClH/c12-10-13-6-9(15-10)7-14-5-1-2-11(8-14)3-4-11;/h6H,1-5,7-8H2,(H2,12,13);1H. The molecule has 0 amide bonds. The van der Waals surface area contributed by atoms with Crippen molar-refractivity contribution in [1.82, 2.24) is 9.88 Å². The normalized spacial score (nSPS) is 23.0. The second-order valence-corrected chi connectivity index (χ2v) is 6.13. The van der Waals surface area contributed by atoms with Crippen LogP contribution in [-0.4, -0.2) is 23.0 Å². The van der Waals surface area contributed by atoms with Gasteiger partial charge in [0.15, 0.2) is 5.13 Å². The van der Waals surface area contributed by atoms with E-state index in [1.54, 1.807) is 11.3 Å². The zero-order chi connectivity index (χ0) is 10.3. The van der Waals surface area contributed by atoms with Crippen molar-refractivity contribution in [2.75, 3.05) is 18.8 Å². The average Bonchev–Trinajstić information content (AvgIpc) is 2.81. The molecular formula is C11H18ClN3S. The zero-order valence-electron chi connectivity index (χ0n) is 9.32. The summed E-state index contributed by atoms with van der Waals surface area (Å²) in [4.78, 5) is 7.99. The molecule has 1 aromatic heterocycles. The molecule has 2 fully saturated rings. The molecule has 1 saturated carbocycles. The van der Waals surface area contributed by atoms with Crippen LogP contribution in [-0.2, 0) is 6.54 Å². The van der Waals surface area contributed by atoms with Crippen molar-refractivity contribution in [2.24, 2.45) is 5.41 Å². The zero-order valence-corrected chi connectivity index (χ0v) is 10.9. The van der Waals surface area contributed by atoms with Crippen LogP contribution in [0.5, 0.6) is 0 Å². The first-order chi connectivity index (χ1) is 7.26. The van der Waals surface area contributed by atoms with Gasteiger partial charge in [-0.3, -0.25) is 4.90 Å². The second-order valence-electron chi connectivity index (χ2n) is 4.98. The molecule has 5 heteroatoms. The van der Waals surface area contributed by atoms with Crippen molar-refractivity contribution < 1.29 is 0 Å². The lowest BCUT2D eigenvalue weighted by Gasteiger charge is -2.32. The highest BCUT2D eigenvalue weighted by Gasteiger charge is 2.45. The van der Waals surface area contributed by atoms with Crippen LogP contribution in [0.3, 0.4) is 0 Å². The third-order valence-corrected chi connectivity index (χ3v) is 4.46. The summed E-state index contributed by atoms with van der Waals surface area (Å²) >= 11 is 1.63. The van der Waals surface area contributed by atoms with Gasteiger partial charge in [-0.15, -0.1) is 23.7 Å². The molecule has 1 aliphatic carbocycles. The van der Waals surface area contributed by atoms with Crippen LogP contribution in [0.2, 0.25) is 0 Å². The number of piperidine rings is 1. The lowest BCUT2D eigenvalue weighted by molar-refractivity contribution is 0.155. The van der Waals surface area contributed by atoms with E-state index in [4.69, 9.17) is 5.73 Å². The van der Waals surface area contributed by atoms with Gasteiger partial charge in [0.1, 0.15) is 0 Å². The quantitative estimate of drug-likeness (QED) is 0.888. The Bertz CT molecular complexity index is 362. The Kier molecular flexibility index (Phi) is 3.42. The number of thiazole rings is 1. The number of likely N-dealkylation sites (tertiary alicyclic amines) is 1. The van der Waals surface area contributed by atoms with E-state index in [1.807, 2.05) is 6.20 Å². The van der Waals surface area contributed by atoms with E-state index in [0.29, 0.717) is 10.5 Å². The number of nitrogens with zero attached hydrogens (tertiary/aromatic N) is 2. The minimum absolute atomic E-state index is 0. The van der Waals surface area contributed by atoms with Gasteiger partial charge in [-0.05, 0) is 37.6 Å². The number of halogens is 1. The fourth-order valence-corrected chi connectivity index (χ4v) is 3.37. The summed E-state index contributed by atoms with van der Waals surface area (Å²) in [6.07, 6.45) is 7.65. The summed E-state index contributed by atoms with van der Waals surface area (Å²) in [5, 5.41) is 0.697. The van der Waals surface area contributed by atoms with Crippen LogP contribution < -0.4 is 5.73 Å². The van der Waals surface area contributed by atoms with Crippen LogP contribution in [0, 0.1) is 5.41 Å². The smallest absolute Gasteiger partial charge is 0.180 e. The Labute approximate surface area is 106 Å². The Hall–Kier alpha value is -0.320. The molecule has 0 aromatic carbocycles. The molecule has 1 saturated heterocycles. The van der Waals surface area contributed by atoms with Gasteiger partial charge >= 0.3 is 0 Å². The molecule has 1 aromatic rings. The molecule has 0 radical (unpaired) electrons. The lowest BCUT2D eigenvalue weighted by Crippen LogP contribution is -2.35. The fraction of sp³-hybridized carbons (Fsp3) is 0.727. The highest BCUT2D eigenvalue weighted by Crippen LogP contribution is 2.52. The number of aromatic nitrogens is 1. The number of hydrogen-bond donors (Lipinski definition) is 1. The second kappa shape index (κ2) is 4.51. The van der Waals surface area contributed by atoms with Crippen LogP contribution >= 0.6 is 23.7 Å². The van der Waals surface area contributed by atoms with Gasteiger partial charge in [-0.2, -0.15) is 0 Å². The summed E-state index contributed by atoms with van der Waals surface area (Å²) in [5.74, 6) is 0. The van der Waals surface area contributed by atoms with Gasteiger partial charge in [0.05, 0.1) is 0 Å². The van der Waals surface area contributed by atoms with Crippen molar-refractivity contribution in [1.29, 1.82) is 0 Å². The van der Waals surface area contributed by atoms with Crippen molar-refractivity contribution >= 4 is 28.9 Å². The molecule has 3 rings (SSSR count). The molecule has 2 N–H and O–H groups in total. The predicted molar refractivity (Wildman–Crippen MR) is 70.0 cm³/mol. The van der Waals surface area contributed by atoms with E-state index in [2.05, 4.69) is 9.88 Å². The highest BCUT2D eigenvalue weighted by molar-refractivity contribution is 7.15. The highest BCUT2D eigenvalue weighted by atomic mass is 35.5. The molecule has 0 unspecified atom stereocenters. The number of rotatable bonds is 2. The molecule has 0 bridgehead atoms. The van der Waals surface area contributed by atoms with Gasteiger partial charge in [-0.25, -0.2) is 4.98 Å². The van der Waals surface area contributed by atoms with E-state index < -0.39 is 0 Å². The Morgan fingerprint density at radius 3 is 2.88 bits per heavy atom. The Morgan fingerprint density at radius 2 is 2.25 bits per heavy atom. The molecule has 1 spiro atoms. The summed E-state index contributed by atoms with van der Waals surface area (Å²) in [6, 6.07) is 0. The van der Waals surface area contributed by atoms with Crippen molar-refractivity contribution in [3.8, 4) is 0 Å². The van der Waals surface area contributed by atoms with E-state index >= 15 is 0 Å². The monoisotopic (exact) mass is 259 g/mol. The maximum atomic E-state index is 5.64. The van der Waals surface area contributed by atoms with E-state index in [-0.39, 0.29) is 12.4 Å². The first-order valence-electron chi connectivity index (χ1n) is 5.68. The lowest BCUT2D eigenvalue weighted by atomic mass is 9.95. The van der Waals surface area contributed by atoms with Gasteiger partial charge in [0.25, 0.3) is 0 Å². The minimum atomic E-state index is 0. The maximum Gasteiger partial charge on any atom is 0.180 e. The Balaban J connectivity index is 0.000000963. The number of anilines is 1. The summed E-state index contributed by atoms with van der Waals surface area (Å²) in [7, 11) is 0. The van der Waals surface area contributed by atoms with E-state index in [0.717, 1.165) is 6.54 Å². The molecule has 2 heterocycles. The predicted octanol–water partition coefficient (Wildman–Crippen LogP) is 2.52. The molecule has 3 nitrogen and oxygen atoms in total. The van der Waals surface area contributed by atoms with Gasteiger partial charge in [0, 0.05) is 24.2 Å². The van der Waals surface area contributed by atoms with Crippen molar-refractivity contribution in [3.63, 3.8) is 0 Å². The largest absolute Gasteiger partial charge is 0.375 e. The molecule has 16 heavy (non-hydrogen) atoms. The third kappa shape index (κ3) is 2.50. The summed E-state index contributed by atoms with van der Waals surface area (Å²) in [5.41, 5.74) is 6.35.